The number of methoxy groups -OCH3 is 1. The summed E-state index contributed by atoms with van der Waals surface area (Å²) in [6.07, 6.45) is 2.09. The molecule has 0 atom stereocenters. The van der Waals surface area contributed by atoms with Crippen molar-refractivity contribution in [1.29, 1.82) is 0 Å². The van der Waals surface area contributed by atoms with Crippen LogP contribution in [0.15, 0.2) is 36.4 Å². The molecule has 180 valence electrons. The maximum atomic E-state index is 13.3. The number of carbonyl (C=O) groups is 1. The Balaban J connectivity index is 1.55. The van der Waals surface area contributed by atoms with E-state index in [2.05, 4.69) is 43.6 Å². The first-order valence-electron chi connectivity index (χ1n) is 11.0. The van der Waals surface area contributed by atoms with Gasteiger partial charge in [-0.05, 0) is 76.4 Å². The van der Waals surface area contributed by atoms with Gasteiger partial charge in [0.15, 0.2) is 18.1 Å². The standard InChI is InChI=1S/C25H33ClFN3O3/c1-24(2)12-18(13-25(3,4)30-24)28-14-16-6-9-21(22(10-16)32-5)33-15-23(31)29-17-7-8-20(27)19(26)11-17/h6-11,18,28,30H,12-15H2,1-5H3,(H,29,31). The van der Waals surface area contributed by atoms with E-state index in [1.54, 1.807) is 13.2 Å². The van der Waals surface area contributed by atoms with Gasteiger partial charge < -0.3 is 25.4 Å². The van der Waals surface area contributed by atoms with Gasteiger partial charge in [0.1, 0.15) is 5.82 Å². The summed E-state index contributed by atoms with van der Waals surface area (Å²) in [5.74, 6) is 0.0926. The van der Waals surface area contributed by atoms with Gasteiger partial charge in [-0.25, -0.2) is 4.39 Å². The lowest BCUT2D eigenvalue weighted by Crippen LogP contribution is -2.61. The number of benzene rings is 2. The van der Waals surface area contributed by atoms with Gasteiger partial charge in [0.05, 0.1) is 12.1 Å². The van der Waals surface area contributed by atoms with Crippen molar-refractivity contribution in [2.24, 2.45) is 0 Å². The quantitative estimate of drug-likeness (QED) is 0.504. The van der Waals surface area contributed by atoms with Gasteiger partial charge >= 0.3 is 0 Å². The van der Waals surface area contributed by atoms with Crippen molar-refractivity contribution in [3.05, 3.63) is 52.8 Å². The zero-order chi connectivity index (χ0) is 24.2. The molecule has 33 heavy (non-hydrogen) atoms. The molecule has 1 amide bonds. The smallest absolute Gasteiger partial charge is 0.262 e. The molecule has 0 bridgehead atoms. The SMILES string of the molecule is COc1cc(CNC2CC(C)(C)NC(C)(C)C2)ccc1OCC(=O)Nc1ccc(F)c(Cl)c1. The van der Waals surface area contributed by atoms with E-state index in [9.17, 15) is 9.18 Å². The molecule has 0 unspecified atom stereocenters. The molecule has 1 saturated heterocycles. The number of ether oxygens (including phenoxy) is 2. The predicted octanol–water partition coefficient (Wildman–Crippen LogP) is 4.90. The average molecular weight is 478 g/mol. The molecule has 0 saturated carbocycles. The fourth-order valence-electron chi connectivity index (χ4n) is 4.58. The molecule has 0 spiro atoms. The minimum atomic E-state index is -0.544. The zero-order valence-electron chi connectivity index (χ0n) is 19.9. The molecule has 0 aliphatic carbocycles. The first kappa shape index (κ1) is 25.3. The van der Waals surface area contributed by atoms with Gasteiger partial charge in [-0.15, -0.1) is 0 Å². The maximum Gasteiger partial charge on any atom is 0.262 e. The minimum absolute atomic E-state index is 0.0591. The summed E-state index contributed by atoms with van der Waals surface area (Å²) in [5, 5.41) is 9.93. The second-order valence-corrected chi connectivity index (χ2v) is 10.2. The van der Waals surface area contributed by atoms with Crippen LogP contribution in [-0.2, 0) is 11.3 Å². The molecule has 8 heteroatoms. The maximum absolute atomic E-state index is 13.3. The molecule has 1 heterocycles. The fourth-order valence-corrected chi connectivity index (χ4v) is 4.76. The van der Waals surface area contributed by atoms with Crippen molar-refractivity contribution in [3.8, 4) is 11.5 Å². The van der Waals surface area contributed by atoms with Crippen molar-refractivity contribution in [2.45, 2.75) is 64.2 Å². The molecule has 0 aromatic heterocycles. The van der Waals surface area contributed by atoms with E-state index < -0.39 is 5.82 Å². The van der Waals surface area contributed by atoms with Crippen LogP contribution in [0.5, 0.6) is 11.5 Å². The monoisotopic (exact) mass is 477 g/mol. The number of carbonyl (C=O) groups excluding carboxylic acids is 1. The van der Waals surface area contributed by atoms with E-state index in [0.29, 0.717) is 29.8 Å². The average Bonchev–Trinajstić information content (AvgIpc) is 2.71. The van der Waals surface area contributed by atoms with E-state index >= 15 is 0 Å². The lowest BCUT2D eigenvalue weighted by Gasteiger charge is -2.46. The number of anilines is 1. The molecular formula is C25H33ClFN3O3. The molecule has 2 aromatic carbocycles. The van der Waals surface area contributed by atoms with Crippen molar-refractivity contribution >= 4 is 23.2 Å². The first-order valence-corrected chi connectivity index (χ1v) is 11.4. The second-order valence-electron chi connectivity index (χ2n) is 9.83. The summed E-state index contributed by atoms with van der Waals surface area (Å²) >= 11 is 5.75. The largest absolute Gasteiger partial charge is 0.493 e. The fraction of sp³-hybridized carbons (Fsp3) is 0.480. The predicted molar refractivity (Wildman–Crippen MR) is 130 cm³/mol. The van der Waals surface area contributed by atoms with E-state index in [4.69, 9.17) is 21.1 Å². The highest BCUT2D eigenvalue weighted by Crippen LogP contribution is 2.30. The van der Waals surface area contributed by atoms with Crippen LogP contribution in [0.4, 0.5) is 10.1 Å². The Labute approximate surface area is 200 Å². The first-order chi connectivity index (χ1) is 15.5. The van der Waals surface area contributed by atoms with E-state index in [-0.39, 0.29) is 28.6 Å². The topological polar surface area (TPSA) is 71.6 Å². The van der Waals surface area contributed by atoms with Crippen LogP contribution in [0.1, 0.15) is 46.1 Å². The molecule has 0 radical (unpaired) electrons. The summed E-state index contributed by atoms with van der Waals surface area (Å²) in [4.78, 5) is 12.2. The molecule has 1 aliphatic rings. The number of hydrogen-bond donors (Lipinski definition) is 3. The number of halogens is 2. The number of piperidine rings is 1. The van der Waals surface area contributed by atoms with Crippen LogP contribution >= 0.6 is 11.6 Å². The van der Waals surface area contributed by atoms with Crippen LogP contribution in [0.2, 0.25) is 5.02 Å². The van der Waals surface area contributed by atoms with Crippen molar-refractivity contribution in [3.63, 3.8) is 0 Å². The van der Waals surface area contributed by atoms with E-state index in [0.717, 1.165) is 18.4 Å². The Morgan fingerprint density at radius 1 is 1.12 bits per heavy atom. The van der Waals surface area contributed by atoms with Gasteiger partial charge in [-0.2, -0.15) is 0 Å². The van der Waals surface area contributed by atoms with E-state index in [1.807, 2.05) is 12.1 Å². The minimum Gasteiger partial charge on any atom is -0.493 e. The van der Waals surface area contributed by atoms with Crippen LogP contribution in [-0.4, -0.2) is 36.7 Å². The summed E-state index contributed by atoms with van der Waals surface area (Å²) in [7, 11) is 1.57. The third-order valence-corrected chi connectivity index (χ3v) is 5.86. The number of nitrogens with one attached hydrogen (secondary N) is 3. The third-order valence-electron chi connectivity index (χ3n) is 5.58. The van der Waals surface area contributed by atoms with E-state index in [1.165, 1.54) is 18.2 Å². The summed E-state index contributed by atoms with van der Waals surface area (Å²) < 4.78 is 24.4. The lowest BCUT2D eigenvalue weighted by atomic mass is 9.79. The highest BCUT2D eigenvalue weighted by Gasteiger charge is 2.37. The van der Waals surface area contributed by atoms with Gasteiger partial charge in [0.2, 0.25) is 0 Å². The molecular weight excluding hydrogens is 445 g/mol. The molecule has 3 rings (SSSR count). The summed E-state index contributed by atoms with van der Waals surface area (Å²) in [6.45, 7) is 9.43. The molecule has 6 nitrogen and oxygen atoms in total. The Bertz CT molecular complexity index is 981. The molecule has 1 fully saturated rings. The second kappa shape index (κ2) is 10.3. The van der Waals surface area contributed by atoms with Crippen molar-refractivity contribution < 1.29 is 18.7 Å². The number of hydrogen-bond acceptors (Lipinski definition) is 5. The zero-order valence-corrected chi connectivity index (χ0v) is 20.6. The Kier molecular flexibility index (Phi) is 7.88. The van der Waals surface area contributed by atoms with Gasteiger partial charge in [-0.1, -0.05) is 17.7 Å². The van der Waals surface area contributed by atoms with Crippen molar-refractivity contribution in [2.75, 3.05) is 19.0 Å². The Morgan fingerprint density at radius 2 is 1.82 bits per heavy atom. The van der Waals surface area contributed by atoms with Crippen LogP contribution in [0.25, 0.3) is 0 Å². The highest BCUT2D eigenvalue weighted by molar-refractivity contribution is 6.31. The van der Waals surface area contributed by atoms with Gasteiger partial charge in [0, 0.05) is 29.4 Å². The Hall–Kier alpha value is -2.35. The molecule has 3 N–H and O–H groups in total. The van der Waals surface area contributed by atoms with Gasteiger partial charge in [-0.3, -0.25) is 4.79 Å². The summed E-state index contributed by atoms with van der Waals surface area (Å²) in [5.41, 5.74) is 1.62. The van der Waals surface area contributed by atoms with Crippen LogP contribution in [0.3, 0.4) is 0 Å². The lowest BCUT2D eigenvalue weighted by molar-refractivity contribution is -0.118. The number of amides is 1. The Morgan fingerprint density at radius 3 is 2.45 bits per heavy atom. The molecule has 1 aliphatic heterocycles. The van der Waals surface area contributed by atoms with Crippen LogP contribution < -0.4 is 25.4 Å². The summed E-state index contributed by atoms with van der Waals surface area (Å²) in [6, 6.07) is 10.1. The molecule has 2 aromatic rings. The normalized spacial score (nSPS) is 17.4. The highest BCUT2D eigenvalue weighted by atomic mass is 35.5. The third kappa shape index (κ3) is 7.32. The van der Waals surface area contributed by atoms with Crippen molar-refractivity contribution in [1.82, 2.24) is 10.6 Å². The van der Waals surface area contributed by atoms with Crippen LogP contribution in [0, 0.1) is 5.82 Å². The number of rotatable bonds is 8. The van der Waals surface area contributed by atoms with Gasteiger partial charge in [0.25, 0.3) is 5.91 Å².